The third-order valence-electron chi connectivity index (χ3n) is 7.07. The predicted octanol–water partition coefficient (Wildman–Crippen LogP) is 4.46. The molecule has 2 aliphatic heterocycles. The van der Waals surface area contributed by atoms with Crippen LogP contribution in [0.25, 0.3) is 0 Å². The molecule has 1 fully saturated rings. The molecule has 2 heterocycles. The number of likely N-dealkylation sites (tertiary alicyclic amines) is 1. The lowest BCUT2D eigenvalue weighted by Gasteiger charge is -2.39. The Kier molecular flexibility index (Phi) is 6.16. The summed E-state index contributed by atoms with van der Waals surface area (Å²) in [6.07, 6.45) is 1.70. The Bertz CT molecular complexity index is 1110. The maximum Gasteiger partial charge on any atom is 0.236 e. The van der Waals surface area contributed by atoms with E-state index in [4.69, 9.17) is 4.74 Å². The second-order valence-corrected chi connectivity index (χ2v) is 8.88. The SMILES string of the molecule is CNc1ccccc1C(NCC(=O)N1CCC2(CC1)OCc1ccccc12)c1ccccc1. The number of nitrogens with one attached hydrogen (secondary N) is 2. The Labute approximate surface area is 195 Å². The van der Waals surface area contributed by atoms with Gasteiger partial charge >= 0.3 is 0 Å². The van der Waals surface area contributed by atoms with Crippen LogP contribution < -0.4 is 10.6 Å². The molecule has 1 unspecified atom stereocenters. The summed E-state index contributed by atoms with van der Waals surface area (Å²) in [5.41, 5.74) is 5.70. The average molecular weight is 442 g/mol. The first-order valence-electron chi connectivity index (χ1n) is 11.8. The van der Waals surface area contributed by atoms with Gasteiger partial charge in [-0.3, -0.25) is 10.1 Å². The average Bonchev–Trinajstić information content (AvgIpc) is 3.23. The summed E-state index contributed by atoms with van der Waals surface area (Å²) < 4.78 is 6.26. The number of rotatable bonds is 6. The molecule has 2 aliphatic rings. The van der Waals surface area contributed by atoms with E-state index < -0.39 is 0 Å². The van der Waals surface area contributed by atoms with Crippen LogP contribution in [0.5, 0.6) is 0 Å². The number of hydrogen-bond donors (Lipinski definition) is 2. The number of benzene rings is 3. The van der Waals surface area contributed by atoms with Crippen LogP contribution >= 0.6 is 0 Å². The smallest absolute Gasteiger partial charge is 0.236 e. The van der Waals surface area contributed by atoms with Crippen molar-refractivity contribution in [3.05, 3.63) is 101 Å². The van der Waals surface area contributed by atoms with Gasteiger partial charge in [-0.05, 0) is 41.2 Å². The summed E-state index contributed by atoms with van der Waals surface area (Å²) in [6, 6.07) is 27.0. The van der Waals surface area contributed by atoms with Crippen molar-refractivity contribution in [2.24, 2.45) is 0 Å². The highest BCUT2D eigenvalue weighted by atomic mass is 16.5. The molecule has 5 nitrogen and oxygen atoms in total. The van der Waals surface area contributed by atoms with Crippen LogP contribution in [0.2, 0.25) is 0 Å². The number of hydrogen-bond acceptors (Lipinski definition) is 4. The number of piperidine rings is 1. The van der Waals surface area contributed by atoms with Crippen molar-refractivity contribution in [3.8, 4) is 0 Å². The Morgan fingerprint density at radius 1 is 0.970 bits per heavy atom. The second kappa shape index (κ2) is 9.38. The van der Waals surface area contributed by atoms with E-state index >= 15 is 0 Å². The van der Waals surface area contributed by atoms with Crippen LogP contribution in [0, 0.1) is 0 Å². The van der Waals surface area contributed by atoms with Gasteiger partial charge in [0.05, 0.1) is 24.8 Å². The van der Waals surface area contributed by atoms with E-state index in [-0.39, 0.29) is 17.6 Å². The van der Waals surface area contributed by atoms with Crippen molar-refractivity contribution in [1.82, 2.24) is 10.2 Å². The molecule has 1 saturated heterocycles. The number of para-hydroxylation sites is 1. The number of ether oxygens (including phenoxy) is 1. The van der Waals surface area contributed by atoms with Gasteiger partial charge in [0.15, 0.2) is 0 Å². The molecule has 170 valence electrons. The quantitative estimate of drug-likeness (QED) is 0.593. The summed E-state index contributed by atoms with van der Waals surface area (Å²) in [7, 11) is 1.93. The van der Waals surface area contributed by atoms with Crippen LogP contribution in [-0.4, -0.2) is 37.5 Å². The Balaban J connectivity index is 1.27. The lowest BCUT2D eigenvalue weighted by molar-refractivity contribution is -0.137. The third-order valence-corrected chi connectivity index (χ3v) is 7.07. The summed E-state index contributed by atoms with van der Waals surface area (Å²) in [4.78, 5) is 15.2. The molecular formula is C28H31N3O2. The molecule has 1 spiro atoms. The Morgan fingerprint density at radius 3 is 2.45 bits per heavy atom. The molecule has 0 saturated carbocycles. The fourth-order valence-electron chi connectivity index (χ4n) is 5.25. The Morgan fingerprint density at radius 2 is 1.67 bits per heavy atom. The van der Waals surface area contributed by atoms with Gasteiger partial charge in [-0.2, -0.15) is 0 Å². The molecule has 0 bridgehead atoms. The van der Waals surface area contributed by atoms with Gasteiger partial charge in [0.25, 0.3) is 0 Å². The maximum atomic E-state index is 13.2. The van der Waals surface area contributed by atoms with Gasteiger partial charge in [0, 0.05) is 25.8 Å². The van der Waals surface area contributed by atoms with Crippen molar-refractivity contribution in [3.63, 3.8) is 0 Å². The second-order valence-electron chi connectivity index (χ2n) is 8.88. The summed E-state index contributed by atoms with van der Waals surface area (Å²) >= 11 is 0. The normalized spacial score (nSPS) is 17.5. The molecule has 5 rings (SSSR count). The fraction of sp³-hybridized carbons (Fsp3) is 0.321. The van der Waals surface area contributed by atoms with E-state index in [1.165, 1.54) is 11.1 Å². The van der Waals surface area contributed by atoms with Crippen molar-refractivity contribution in [1.29, 1.82) is 0 Å². The number of fused-ring (bicyclic) bond motifs is 2. The van der Waals surface area contributed by atoms with Crippen LogP contribution in [0.15, 0.2) is 78.9 Å². The highest BCUT2D eigenvalue weighted by Gasteiger charge is 2.43. The molecular weight excluding hydrogens is 410 g/mol. The lowest BCUT2D eigenvalue weighted by Crippen LogP contribution is -2.48. The summed E-state index contributed by atoms with van der Waals surface area (Å²) in [5.74, 6) is 0.138. The van der Waals surface area contributed by atoms with E-state index in [1.54, 1.807) is 0 Å². The first-order valence-corrected chi connectivity index (χ1v) is 11.8. The first kappa shape index (κ1) is 21.7. The fourth-order valence-corrected chi connectivity index (χ4v) is 5.25. The van der Waals surface area contributed by atoms with Gasteiger partial charge in [-0.15, -0.1) is 0 Å². The zero-order valence-electron chi connectivity index (χ0n) is 19.1. The molecule has 0 aromatic heterocycles. The van der Waals surface area contributed by atoms with Crippen LogP contribution in [-0.2, 0) is 21.7 Å². The number of carbonyl (C=O) groups excluding carboxylic acids is 1. The van der Waals surface area contributed by atoms with Crippen molar-refractivity contribution in [2.45, 2.75) is 31.1 Å². The molecule has 2 N–H and O–H groups in total. The number of nitrogens with zero attached hydrogens (tertiary/aromatic N) is 1. The molecule has 1 atom stereocenters. The Hall–Kier alpha value is -3.15. The largest absolute Gasteiger partial charge is 0.388 e. The van der Waals surface area contributed by atoms with Crippen LogP contribution in [0.1, 0.15) is 41.1 Å². The van der Waals surface area contributed by atoms with E-state index in [9.17, 15) is 4.79 Å². The maximum absolute atomic E-state index is 13.2. The summed E-state index contributed by atoms with van der Waals surface area (Å²) in [5, 5.41) is 6.82. The standard InChI is InChI=1S/C28H31N3O2/c1-29-25-14-8-6-12-23(25)27(21-9-3-2-4-10-21)30-19-26(32)31-17-15-28(16-18-31)24-13-7-5-11-22(24)20-33-28/h2-14,27,29-30H,15-20H2,1H3. The molecule has 0 aliphatic carbocycles. The summed E-state index contributed by atoms with van der Waals surface area (Å²) in [6.45, 7) is 2.41. The molecule has 0 radical (unpaired) electrons. The van der Waals surface area contributed by atoms with Gasteiger partial charge in [0.1, 0.15) is 0 Å². The predicted molar refractivity (Wildman–Crippen MR) is 131 cm³/mol. The molecule has 3 aromatic carbocycles. The monoisotopic (exact) mass is 441 g/mol. The minimum Gasteiger partial charge on any atom is -0.388 e. The molecule has 3 aromatic rings. The van der Waals surface area contributed by atoms with Crippen LogP contribution in [0.4, 0.5) is 5.69 Å². The minimum absolute atomic E-state index is 0.0695. The highest BCUT2D eigenvalue weighted by Crippen LogP contribution is 2.44. The van der Waals surface area contributed by atoms with Crippen molar-refractivity contribution < 1.29 is 9.53 Å². The van der Waals surface area contributed by atoms with Gasteiger partial charge in [-0.1, -0.05) is 72.8 Å². The zero-order valence-corrected chi connectivity index (χ0v) is 19.1. The minimum atomic E-state index is -0.223. The van der Waals surface area contributed by atoms with Crippen LogP contribution in [0.3, 0.4) is 0 Å². The van der Waals surface area contributed by atoms with E-state index in [2.05, 4.69) is 59.2 Å². The lowest BCUT2D eigenvalue weighted by atomic mass is 9.84. The molecule has 33 heavy (non-hydrogen) atoms. The topological polar surface area (TPSA) is 53.6 Å². The van der Waals surface area contributed by atoms with Crippen molar-refractivity contribution in [2.75, 3.05) is 32.0 Å². The van der Waals surface area contributed by atoms with E-state index in [0.717, 1.165) is 42.7 Å². The molecule has 5 heteroatoms. The van der Waals surface area contributed by atoms with Gasteiger partial charge in [0.2, 0.25) is 5.91 Å². The zero-order chi connectivity index (χ0) is 22.7. The van der Waals surface area contributed by atoms with E-state index in [1.807, 2.05) is 42.3 Å². The first-order chi connectivity index (χ1) is 16.2. The third kappa shape index (κ3) is 4.26. The highest BCUT2D eigenvalue weighted by molar-refractivity contribution is 5.78. The van der Waals surface area contributed by atoms with Gasteiger partial charge < -0.3 is 15.0 Å². The van der Waals surface area contributed by atoms with Gasteiger partial charge in [-0.25, -0.2) is 0 Å². The van der Waals surface area contributed by atoms with Crippen molar-refractivity contribution >= 4 is 11.6 Å². The number of anilines is 1. The number of amides is 1. The van der Waals surface area contributed by atoms with E-state index in [0.29, 0.717) is 13.2 Å². The molecule has 1 amide bonds. The number of carbonyl (C=O) groups is 1.